The maximum absolute atomic E-state index is 6.17. The fraction of sp³-hybridized carbons (Fsp3) is 0.400. The lowest BCUT2D eigenvalue weighted by Crippen LogP contribution is -2.28. The maximum Gasteiger partial charge on any atom is 0.167 e. The Balaban J connectivity index is 1.71. The van der Waals surface area contributed by atoms with E-state index in [1.54, 1.807) is 12.1 Å². The van der Waals surface area contributed by atoms with Crippen molar-refractivity contribution in [2.75, 3.05) is 25.1 Å². The first-order valence-corrected chi connectivity index (χ1v) is 7.60. The highest BCUT2D eigenvalue weighted by molar-refractivity contribution is 6.39. The van der Waals surface area contributed by atoms with Gasteiger partial charge < -0.3 is 14.8 Å². The summed E-state index contributed by atoms with van der Waals surface area (Å²) >= 11 is 12.3. The van der Waals surface area contributed by atoms with Gasteiger partial charge in [0.05, 0.1) is 28.8 Å². The molecule has 4 nitrogen and oxygen atoms in total. The Labute approximate surface area is 133 Å². The predicted molar refractivity (Wildman–Crippen MR) is 85.2 cm³/mol. The Morgan fingerprint density at radius 3 is 2.62 bits per heavy atom. The summed E-state index contributed by atoms with van der Waals surface area (Å²) in [5.74, 6) is 0.262. The smallest absolute Gasteiger partial charge is 0.167 e. The van der Waals surface area contributed by atoms with Crippen molar-refractivity contribution in [3.63, 3.8) is 0 Å². The summed E-state index contributed by atoms with van der Waals surface area (Å²) in [7, 11) is 0. The van der Waals surface area contributed by atoms with Gasteiger partial charge in [-0.2, -0.15) is 0 Å². The first kappa shape index (κ1) is 14.9. The van der Waals surface area contributed by atoms with Gasteiger partial charge in [0.15, 0.2) is 5.79 Å². The molecule has 0 unspecified atom stereocenters. The van der Waals surface area contributed by atoms with Crippen molar-refractivity contribution in [1.82, 2.24) is 4.98 Å². The van der Waals surface area contributed by atoms with Crippen LogP contribution >= 0.6 is 23.2 Å². The normalized spacial score (nSPS) is 17.3. The third kappa shape index (κ3) is 3.24. The Morgan fingerprint density at radius 2 is 1.86 bits per heavy atom. The van der Waals surface area contributed by atoms with Crippen molar-refractivity contribution in [1.29, 1.82) is 0 Å². The van der Waals surface area contributed by atoms with E-state index in [9.17, 15) is 0 Å². The number of fused-ring (bicyclic) bond motifs is 1. The number of hydrogen-bond acceptors (Lipinski definition) is 4. The van der Waals surface area contributed by atoms with Gasteiger partial charge in [0.25, 0.3) is 0 Å². The van der Waals surface area contributed by atoms with E-state index in [0.29, 0.717) is 35.3 Å². The average molecular weight is 327 g/mol. The number of ether oxygens (including phenoxy) is 2. The molecule has 0 amide bonds. The first-order chi connectivity index (χ1) is 10.1. The molecule has 3 rings (SSSR count). The molecule has 6 heteroatoms. The SMILES string of the molecule is CC1(CCNc2ccc3c(Cl)ccc(Cl)c3n2)OCCO1. The van der Waals surface area contributed by atoms with Crippen molar-refractivity contribution in [2.24, 2.45) is 0 Å². The summed E-state index contributed by atoms with van der Waals surface area (Å²) in [4.78, 5) is 4.51. The van der Waals surface area contributed by atoms with Crippen LogP contribution in [-0.4, -0.2) is 30.5 Å². The molecular weight excluding hydrogens is 311 g/mol. The summed E-state index contributed by atoms with van der Waals surface area (Å²) in [6, 6.07) is 7.34. The lowest BCUT2D eigenvalue weighted by atomic mass is 10.2. The van der Waals surface area contributed by atoms with Crippen LogP contribution in [0, 0.1) is 0 Å². The molecule has 0 radical (unpaired) electrons. The monoisotopic (exact) mass is 326 g/mol. The number of nitrogens with zero attached hydrogens (tertiary/aromatic N) is 1. The topological polar surface area (TPSA) is 43.4 Å². The number of halogens is 2. The highest BCUT2D eigenvalue weighted by Gasteiger charge is 2.30. The third-order valence-electron chi connectivity index (χ3n) is 3.54. The van der Waals surface area contributed by atoms with Crippen molar-refractivity contribution in [2.45, 2.75) is 19.1 Å². The molecule has 0 spiro atoms. The van der Waals surface area contributed by atoms with Crippen LogP contribution in [0.5, 0.6) is 0 Å². The molecule has 1 aliphatic rings. The van der Waals surface area contributed by atoms with Crippen LogP contribution in [0.4, 0.5) is 5.82 Å². The number of anilines is 1. The van der Waals surface area contributed by atoms with Gasteiger partial charge in [-0.3, -0.25) is 0 Å². The molecule has 2 aromatic rings. The fourth-order valence-corrected chi connectivity index (χ4v) is 2.79. The maximum atomic E-state index is 6.17. The highest BCUT2D eigenvalue weighted by Crippen LogP contribution is 2.29. The third-order valence-corrected chi connectivity index (χ3v) is 4.17. The molecule has 1 aliphatic heterocycles. The van der Waals surface area contributed by atoms with Gasteiger partial charge in [0.2, 0.25) is 0 Å². The Hall–Kier alpha value is -1.07. The average Bonchev–Trinajstić information content (AvgIpc) is 2.90. The van der Waals surface area contributed by atoms with Crippen molar-refractivity contribution >= 4 is 39.9 Å². The molecule has 1 saturated heterocycles. The van der Waals surface area contributed by atoms with Gasteiger partial charge in [0.1, 0.15) is 5.82 Å². The Kier molecular flexibility index (Phi) is 4.22. The minimum Gasteiger partial charge on any atom is -0.370 e. The van der Waals surface area contributed by atoms with Gasteiger partial charge in [-0.15, -0.1) is 0 Å². The van der Waals surface area contributed by atoms with Gasteiger partial charge >= 0.3 is 0 Å². The van der Waals surface area contributed by atoms with Crippen LogP contribution in [0.2, 0.25) is 10.0 Å². The molecule has 1 aromatic heterocycles. The minimum absolute atomic E-state index is 0.495. The van der Waals surface area contributed by atoms with E-state index >= 15 is 0 Å². The lowest BCUT2D eigenvalue weighted by Gasteiger charge is -2.22. The molecule has 0 bridgehead atoms. The molecule has 1 fully saturated rings. The van der Waals surface area contributed by atoms with E-state index in [-0.39, 0.29) is 0 Å². The lowest BCUT2D eigenvalue weighted by molar-refractivity contribution is -0.144. The molecule has 0 aliphatic carbocycles. The number of benzene rings is 1. The van der Waals surface area contributed by atoms with Gasteiger partial charge in [-0.1, -0.05) is 23.2 Å². The van der Waals surface area contributed by atoms with Crippen LogP contribution < -0.4 is 5.32 Å². The zero-order valence-corrected chi connectivity index (χ0v) is 13.2. The van der Waals surface area contributed by atoms with Gasteiger partial charge in [0, 0.05) is 18.4 Å². The number of nitrogens with one attached hydrogen (secondary N) is 1. The van der Waals surface area contributed by atoms with Crippen LogP contribution in [0.15, 0.2) is 24.3 Å². The molecule has 112 valence electrons. The molecule has 0 atom stereocenters. The predicted octanol–water partition coefficient (Wildman–Crippen LogP) is 4.11. The zero-order chi connectivity index (χ0) is 14.9. The molecule has 21 heavy (non-hydrogen) atoms. The van der Waals surface area contributed by atoms with Gasteiger partial charge in [-0.25, -0.2) is 4.98 Å². The Bertz CT molecular complexity index is 657. The van der Waals surface area contributed by atoms with E-state index in [1.807, 2.05) is 19.1 Å². The number of rotatable bonds is 4. The molecular formula is C15H16Cl2N2O2. The van der Waals surface area contributed by atoms with Crippen LogP contribution in [-0.2, 0) is 9.47 Å². The second-order valence-electron chi connectivity index (χ2n) is 5.13. The van der Waals surface area contributed by atoms with E-state index in [1.165, 1.54) is 0 Å². The molecule has 2 heterocycles. The summed E-state index contributed by atoms with van der Waals surface area (Å²) < 4.78 is 11.1. The van der Waals surface area contributed by atoms with E-state index in [0.717, 1.165) is 17.6 Å². The molecule has 0 saturated carbocycles. The van der Waals surface area contributed by atoms with Crippen molar-refractivity contribution < 1.29 is 9.47 Å². The van der Waals surface area contributed by atoms with Crippen LogP contribution in [0.1, 0.15) is 13.3 Å². The summed E-state index contributed by atoms with van der Waals surface area (Å²) in [6.07, 6.45) is 0.746. The van der Waals surface area contributed by atoms with Crippen LogP contribution in [0.3, 0.4) is 0 Å². The van der Waals surface area contributed by atoms with E-state index in [2.05, 4.69) is 10.3 Å². The summed E-state index contributed by atoms with van der Waals surface area (Å²) in [5, 5.41) is 5.35. The number of hydrogen-bond donors (Lipinski definition) is 1. The largest absolute Gasteiger partial charge is 0.370 e. The summed E-state index contributed by atoms with van der Waals surface area (Å²) in [5.41, 5.74) is 0.703. The standard InChI is InChI=1S/C15H16Cl2N2O2/c1-15(20-8-9-21-15)6-7-18-13-5-2-10-11(16)3-4-12(17)14(10)19-13/h2-5H,6-9H2,1H3,(H,18,19). The molecule has 1 N–H and O–H groups in total. The van der Waals surface area contributed by atoms with Crippen molar-refractivity contribution in [3.8, 4) is 0 Å². The minimum atomic E-state index is -0.495. The second-order valence-corrected chi connectivity index (χ2v) is 5.94. The number of pyridine rings is 1. The van der Waals surface area contributed by atoms with E-state index < -0.39 is 5.79 Å². The highest BCUT2D eigenvalue weighted by atomic mass is 35.5. The van der Waals surface area contributed by atoms with E-state index in [4.69, 9.17) is 32.7 Å². The van der Waals surface area contributed by atoms with Crippen molar-refractivity contribution in [3.05, 3.63) is 34.3 Å². The van der Waals surface area contributed by atoms with Gasteiger partial charge in [-0.05, 0) is 31.2 Å². The number of aromatic nitrogens is 1. The fourth-order valence-electron chi connectivity index (χ4n) is 2.37. The summed E-state index contributed by atoms with van der Waals surface area (Å²) in [6.45, 7) is 3.96. The zero-order valence-electron chi connectivity index (χ0n) is 11.7. The first-order valence-electron chi connectivity index (χ1n) is 6.84. The van der Waals surface area contributed by atoms with Crippen LogP contribution in [0.25, 0.3) is 10.9 Å². The second kappa shape index (κ2) is 5.97. The molecule has 1 aromatic carbocycles. The Morgan fingerprint density at radius 1 is 1.14 bits per heavy atom. The quantitative estimate of drug-likeness (QED) is 0.918.